The third kappa shape index (κ3) is 3.56. The van der Waals surface area contributed by atoms with Crippen molar-refractivity contribution in [2.75, 3.05) is 19.0 Å². The molecule has 1 heterocycles. The number of methoxy groups -OCH3 is 1. The summed E-state index contributed by atoms with van der Waals surface area (Å²) in [5, 5.41) is 2.87. The Balaban J connectivity index is 1.63. The van der Waals surface area contributed by atoms with E-state index in [1.807, 2.05) is 49.4 Å². The highest BCUT2D eigenvalue weighted by Crippen LogP contribution is 2.32. The quantitative estimate of drug-likeness (QED) is 0.942. The van der Waals surface area contributed by atoms with Crippen LogP contribution in [0.15, 0.2) is 42.5 Å². The molecule has 23 heavy (non-hydrogen) atoms. The van der Waals surface area contributed by atoms with Gasteiger partial charge in [0.1, 0.15) is 18.5 Å². The Hall–Kier alpha value is -2.69. The van der Waals surface area contributed by atoms with E-state index in [9.17, 15) is 4.79 Å². The van der Waals surface area contributed by atoms with Gasteiger partial charge in [0.15, 0.2) is 11.5 Å². The number of rotatable bonds is 4. The lowest BCUT2D eigenvalue weighted by atomic mass is 10.2. The molecule has 5 heteroatoms. The Morgan fingerprint density at radius 2 is 2.04 bits per heavy atom. The number of nitrogens with one attached hydrogen (secondary N) is 1. The average molecular weight is 313 g/mol. The number of hydrogen-bond acceptors (Lipinski definition) is 4. The lowest BCUT2D eigenvalue weighted by Gasteiger charge is -2.26. The van der Waals surface area contributed by atoms with Crippen molar-refractivity contribution in [3.05, 3.63) is 48.0 Å². The lowest BCUT2D eigenvalue weighted by Crippen LogP contribution is -2.33. The third-order valence-electron chi connectivity index (χ3n) is 3.61. The molecule has 0 fully saturated rings. The first kappa shape index (κ1) is 15.2. The minimum atomic E-state index is -0.305. The summed E-state index contributed by atoms with van der Waals surface area (Å²) >= 11 is 0. The van der Waals surface area contributed by atoms with E-state index in [1.165, 1.54) is 0 Å². The molecule has 0 spiro atoms. The van der Waals surface area contributed by atoms with Gasteiger partial charge in [0.05, 0.1) is 19.2 Å². The van der Waals surface area contributed by atoms with Gasteiger partial charge in [-0.3, -0.25) is 4.79 Å². The molecule has 1 atom stereocenters. The molecule has 0 unspecified atom stereocenters. The molecule has 5 nitrogen and oxygen atoms in total. The van der Waals surface area contributed by atoms with E-state index in [1.54, 1.807) is 7.11 Å². The second-order valence-corrected chi connectivity index (χ2v) is 5.45. The molecular formula is C18H19NO4. The highest BCUT2D eigenvalue weighted by Gasteiger charge is 2.23. The zero-order chi connectivity index (χ0) is 16.2. The summed E-state index contributed by atoms with van der Waals surface area (Å²) in [7, 11) is 1.58. The van der Waals surface area contributed by atoms with Crippen molar-refractivity contribution >= 4 is 11.6 Å². The number of anilines is 1. The number of benzene rings is 2. The number of amides is 1. The standard InChI is InChI=1S/C18H19NO4/c1-12-7-8-15(21-2)14(9-12)19-18(20)10-13-11-22-16-5-3-4-6-17(16)23-13/h3-9,13H,10-11H2,1-2H3,(H,19,20)/t13-/m0/s1. The van der Waals surface area contributed by atoms with Gasteiger partial charge in [0, 0.05) is 0 Å². The van der Waals surface area contributed by atoms with Gasteiger partial charge in [0.2, 0.25) is 5.91 Å². The zero-order valence-corrected chi connectivity index (χ0v) is 13.2. The topological polar surface area (TPSA) is 56.8 Å². The largest absolute Gasteiger partial charge is 0.495 e. The van der Waals surface area contributed by atoms with E-state index in [2.05, 4.69) is 5.32 Å². The summed E-state index contributed by atoms with van der Waals surface area (Å²) in [5.74, 6) is 1.88. The zero-order valence-electron chi connectivity index (χ0n) is 13.2. The summed E-state index contributed by atoms with van der Waals surface area (Å²) < 4.78 is 16.7. The smallest absolute Gasteiger partial charge is 0.228 e. The number of aryl methyl sites for hydroxylation is 1. The van der Waals surface area contributed by atoms with Crippen molar-refractivity contribution in [3.8, 4) is 17.2 Å². The van der Waals surface area contributed by atoms with Crippen molar-refractivity contribution in [2.45, 2.75) is 19.4 Å². The molecule has 1 amide bonds. The van der Waals surface area contributed by atoms with Crippen LogP contribution in [0.1, 0.15) is 12.0 Å². The Kier molecular flexibility index (Phi) is 4.37. The number of carbonyl (C=O) groups is 1. The Morgan fingerprint density at radius 3 is 2.83 bits per heavy atom. The van der Waals surface area contributed by atoms with Gasteiger partial charge in [0.25, 0.3) is 0 Å². The average Bonchev–Trinajstić information content (AvgIpc) is 2.55. The molecule has 3 rings (SSSR count). The van der Waals surface area contributed by atoms with E-state index in [0.717, 1.165) is 5.56 Å². The number of fused-ring (bicyclic) bond motifs is 1. The molecule has 0 saturated heterocycles. The van der Waals surface area contributed by atoms with Crippen LogP contribution in [0.3, 0.4) is 0 Å². The Bertz CT molecular complexity index is 714. The molecule has 0 aliphatic carbocycles. The number of ether oxygens (including phenoxy) is 3. The van der Waals surface area contributed by atoms with Gasteiger partial charge in [-0.1, -0.05) is 18.2 Å². The predicted octanol–water partition coefficient (Wildman–Crippen LogP) is 3.17. The molecule has 2 aromatic rings. The van der Waals surface area contributed by atoms with Gasteiger partial charge in [-0.25, -0.2) is 0 Å². The van der Waals surface area contributed by atoms with Crippen molar-refractivity contribution < 1.29 is 19.0 Å². The second-order valence-electron chi connectivity index (χ2n) is 5.45. The highest BCUT2D eigenvalue weighted by atomic mass is 16.6. The molecule has 2 aromatic carbocycles. The number of carbonyl (C=O) groups excluding carboxylic acids is 1. The summed E-state index contributed by atoms with van der Waals surface area (Å²) in [5.41, 5.74) is 1.71. The van der Waals surface area contributed by atoms with Crippen LogP contribution >= 0.6 is 0 Å². The molecular weight excluding hydrogens is 294 g/mol. The fourth-order valence-corrected chi connectivity index (χ4v) is 2.49. The summed E-state index contributed by atoms with van der Waals surface area (Å²) in [6, 6.07) is 13.1. The predicted molar refractivity (Wildman–Crippen MR) is 87.3 cm³/mol. The monoisotopic (exact) mass is 313 g/mol. The molecule has 1 aliphatic rings. The number of hydrogen-bond donors (Lipinski definition) is 1. The van der Waals surface area contributed by atoms with Gasteiger partial charge < -0.3 is 19.5 Å². The van der Waals surface area contributed by atoms with E-state index in [-0.39, 0.29) is 18.4 Å². The van der Waals surface area contributed by atoms with E-state index in [4.69, 9.17) is 14.2 Å². The lowest BCUT2D eigenvalue weighted by molar-refractivity contribution is -0.118. The SMILES string of the molecule is COc1ccc(C)cc1NC(=O)C[C@H]1COc2ccccc2O1. The van der Waals surface area contributed by atoms with Crippen molar-refractivity contribution in [3.63, 3.8) is 0 Å². The fourth-order valence-electron chi connectivity index (χ4n) is 2.49. The van der Waals surface area contributed by atoms with Crippen molar-refractivity contribution in [2.24, 2.45) is 0 Å². The van der Waals surface area contributed by atoms with Gasteiger partial charge in [-0.15, -0.1) is 0 Å². The van der Waals surface area contributed by atoms with Crippen LogP contribution in [-0.2, 0) is 4.79 Å². The van der Waals surface area contributed by atoms with Crippen LogP contribution in [0.5, 0.6) is 17.2 Å². The third-order valence-corrected chi connectivity index (χ3v) is 3.61. The molecule has 120 valence electrons. The first-order valence-corrected chi connectivity index (χ1v) is 7.48. The minimum Gasteiger partial charge on any atom is -0.495 e. The van der Waals surface area contributed by atoms with Gasteiger partial charge in [-0.2, -0.15) is 0 Å². The molecule has 0 radical (unpaired) electrons. The highest BCUT2D eigenvalue weighted by molar-refractivity contribution is 5.92. The van der Waals surface area contributed by atoms with E-state index >= 15 is 0 Å². The number of para-hydroxylation sites is 2. The Labute approximate surface area is 135 Å². The van der Waals surface area contributed by atoms with E-state index in [0.29, 0.717) is 29.5 Å². The van der Waals surface area contributed by atoms with Gasteiger partial charge >= 0.3 is 0 Å². The van der Waals surface area contributed by atoms with Crippen LogP contribution in [0.4, 0.5) is 5.69 Å². The fraction of sp³-hybridized carbons (Fsp3) is 0.278. The molecule has 1 aliphatic heterocycles. The van der Waals surface area contributed by atoms with Gasteiger partial charge in [-0.05, 0) is 36.8 Å². The normalized spacial score (nSPS) is 15.8. The maximum atomic E-state index is 12.3. The molecule has 0 bridgehead atoms. The first-order chi connectivity index (χ1) is 11.2. The van der Waals surface area contributed by atoms with Crippen molar-refractivity contribution in [1.82, 2.24) is 0 Å². The van der Waals surface area contributed by atoms with Crippen LogP contribution in [0.25, 0.3) is 0 Å². The maximum absolute atomic E-state index is 12.3. The summed E-state index contributed by atoms with van der Waals surface area (Å²) in [6.45, 7) is 2.32. The first-order valence-electron chi connectivity index (χ1n) is 7.48. The Morgan fingerprint density at radius 1 is 1.26 bits per heavy atom. The van der Waals surface area contributed by atoms with Crippen LogP contribution in [-0.4, -0.2) is 25.7 Å². The van der Waals surface area contributed by atoms with Crippen LogP contribution in [0.2, 0.25) is 0 Å². The van der Waals surface area contributed by atoms with Crippen molar-refractivity contribution in [1.29, 1.82) is 0 Å². The summed E-state index contributed by atoms with van der Waals surface area (Å²) in [6.07, 6.45) is -0.0912. The molecule has 1 N–H and O–H groups in total. The van der Waals surface area contributed by atoms with Crippen LogP contribution < -0.4 is 19.5 Å². The second kappa shape index (κ2) is 6.60. The van der Waals surface area contributed by atoms with Crippen LogP contribution in [0, 0.1) is 6.92 Å². The van der Waals surface area contributed by atoms with E-state index < -0.39 is 0 Å². The molecule has 0 saturated carbocycles. The minimum absolute atomic E-state index is 0.137. The molecule has 0 aromatic heterocycles. The maximum Gasteiger partial charge on any atom is 0.228 e. The summed E-state index contributed by atoms with van der Waals surface area (Å²) in [4.78, 5) is 12.3.